The van der Waals surface area contributed by atoms with Crippen LogP contribution in [0.15, 0.2) is 54.6 Å². The number of hydrogen-bond acceptors (Lipinski definition) is 1. The number of carbonyl (C=O) groups is 1. The molecule has 2 nitrogen and oxygen atoms in total. The van der Waals surface area contributed by atoms with Gasteiger partial charge in [-0.05, 0) is 29.8 Å². The Morgan fingerprint density at radius 2 is 1.65 bits per heavy atom. The number of carboxylic acids is 1. The molecule has 2 aromatic rings. The molecule has 0 radical (unpaired) electrons. The van der Waals surface area contributed by atoms with Gasteiger partial charge in [0.05, 0.1) is 5.56 Å². The first-order valence-corrected chi connectivity index (χ1v) is 5.47. The molecule has 2 rings (SSSR count). The van der Waals surface area contributed by atoms with E-state index in [0.717, 1.165) is 11.1 Å². The molecule has 0 spiro atoms. The van der Waals surface area contributed by atoms with Crippen molar-refractivity contribution in [2.45, 2.75) is 6.42 Å². The van der Waals surface area contributed by atoms with E-state index in [2.05, 4.69) is 0 Å². The largest absolute Gasteiger partial charge is 0.478 e. The molecule has 0 aromatic heterocycles. The predicted octanol–water partition coefficient (Wildman–Crippen LogP) is 3.18. The van der Waals surface area contributed by atoms with Crippen molar-refractivity contribution in [3.8, 4) is 0 Å². The molecule has 0 unspecified atom stereocenters. The molecule has 2 heteroatoms. The lowest BCUT2D eigenvalue weighted by atomic mass is 10.00. The molecule has 0 heterocycles. The van der Waals surface area contributed by atoms with E-state index in [4.69, 9.17) is 5.11 Å². The highest BCUT2D eigenvalue weighted by Crippen LogP contribution is 2.13. The Balaban J connectivity index is 2.12. The molecule has 0 fully saturated rings. The van der Waals surface area contributed by atoms with E-state index >= 15 is 0 Å². The van der Waals surface area contributed by atoms with Crippen molar-refractivity contribution in [3.05, 3.63) is 77.7 Å². The summed E-state index contributed by atoms with van der Waals surface area (Å²) in [6, 6.07) is 17.0. The molecule has 1 N–H and O–H groups in total. The number of rotatable bonds is 4. The summed E-state index contributed by atoms with van der Waals surface area (Å²) in [5.74, 6) is -0.873. The van der Waals surface area contributed by atoms with Gasteiger partial charge in [0.25, 0.3) is 0 Å². The summed E-state index contributed by atoms with van der Waals surface area (Å²) in [6.07, 6.45) is 2.66. The Hall–Kier alpha value is -2.22. The fourth-order valence-corrected chi connectivity index (χ4v) is 1.72. The molecule has 17 heavy (non-hydrogen) atoms. The summed E-state index contributed by atoms with van der Waals surface area (Å²) in [6.45, 7) is 0. The monoisotopic (exact) mass is 225 g/mol. The third kappa shape index (κ3) is 2.88. The molecule has 0 aliphatic rings. The van der Waals surface area contributed by atoms with E-state index in [1.165, 1.54) is 0 Å². The fraction of sp³-hybridized carbons (Fsp3) is 0.0667. The van der Waals surface area contributed by atoms with Crippen molar-refractivity contribution >= 4 is 5.97 Å². The van der Waals surface area contributed by atoms with Crippen LogP contribution >= 0.6 is 0 Å². The Labute approximate surface area is 101 Å². The maximum absolute atomic E-state index is 11.0. The zero-order valence-electron chi connectivity index (χ0n) is 9.34. The molecule has 84 valence electrons. The van der Waals surface area contributed by atoms with Crippen LogP contribution in [0.4, 0.5) is 0 Å². The van der Waals surface area contributed by atoms with E-state index in [9.17, 15) is 4.79 Å². The lowest BCUT2D eigenvalue weighted by molar-refractivity contribution is 0.0696. The quantitative estimate of drug-likeness (QED) is 0.811. The first kappa shape index (κ1) is 11.3. The van der Waals surface area contributed by atoms with Gasteiger partial charge in [0.2, 0.25) is 0 Å². The van der Waals surface area contributed by atoms with Gasteiger partial charge in [-0.2, -0.15) is 0 Å². The van der Waals surface area contributed by atoms with Gasteiger partial charge in [-0.1, -0.05) is 18.2 Å². The van der Waals surface area contributed by atoms with E-state index in [0.29, 0.717) is 12.0 Å². The number of carboxylic acid groups (broad SMARTS) is 1. The third-order valence-electron chi connectivity index (χ3n) is 2.61. The van der Waals surface area contributed by atoms with Crippen molar-refractivity contribution in [2.24, 2.45) is 0 Å². The lowest BCUT2D eigenvalue weighted by Gasteiger charge is -2.02. The average Bonchev–Trinajstić information content (AvgIpc) is 2.38. The van der Waals surface area contributed by atoms with Crippen molar-refractivity contribution in [2.75, 3.05) is 0 Å². The molecule has 0 atom stereocenters. The van der Waals surface area contributed by atoms with Gasteiger partial charge in [0.15, 0.2) is 0 Å². The average molecular weight is 225 g/mol. The summed E-state index contributed by atoms with van der Waals surface area (Å²) >= 11 is 0. The highest BCUT2D eigenvalue weighted by Gasteiger charge is 2.10. The van der Waals surface area contributed by atoms with Crippen LogP contribution in [-0.4, -0.2) is 11.1 Å². The minimum absolute atomic E-state index is 0.375. The van der Waals surface area contributed by atoms with Crippen LogP contribution in [0.25, 0.3) is 0 Å². The van der Waals surface area contributed by atoms with E-state index in [1.807, 2.05) is 48.9 Å². The van der Waals surface area contributed by atoms with Crippen LogP contribution in [0.5, 0.6) is 0 Å². The molecule has 0 aliphatic heterocycles. The molecular formula is C15H13O2+. The minimum atomic E-state index is -0.873. The van der Waals surface area contributed by atoms with Crippen molar-refractivity contribution in [3.63, 3.8) is 0 Å². The van der Waals surface area contributed by atoms with Crippen LogP contribution < -0.4 is 0 Å². The van der Waals surface area contributed by atoms with E-state index in [1.54, 1.807) is 12.1 Å². The minimum Gasteiger partial charge on any atom is -0.478 e. The molecule has 0 saturated heterocycles. The normalized spacial score (nSPS) is 9.88. The van der Waals surface area contributed by atoms with Crippen molar-refractivity contribution < 1.29 is 9.90 Å². The Kier molecular flexibility index (Phi) is 3.46. The fourth-order valence-electron chi connectivity index (χ4n) is 1.72. The summed E-state index contributed by atoms with van der Waals surface area (Å²) < 4.78 is 0. The molecule has 0 amide bonds. The van der Waals surface area contributed by atoms with Crippen LogP contribution in [0, 0.1) is 6.42 Å². The van der Waals surface area contributed by atoms with Crippen LogP contribution in [0.3, 0.4) is 0 Å². The summed E-state index contributed by atoms with van der Waals surface area (Å²) in [4.78, 5) is 11.0. The second-order valence-corrected chi connectivity index (χ2v) is 3.78. The summed E-state index contributed by atoms with van der Waals surface area (Å²) in [5.41, 5.74) is 2.32. The lowest BCUT2D eigenvalue weighted by Crippen LogP contribution is -2.02. The Morgan fingerprint density at radius 1 is 1.00 bits per heavy atom. The molecule has 2 aromatic carbocycles. The van der Waals surface area contributed by atoms with Gasteiger partial charge in [-0.3, -0.25) is 0 Å². The van der Waals surface area contributed by atoms with Gasteiger partial charge >= 0.3 is 5.97 Å². The topological polar surface area (TPSA) is 37.3 Å². The van der Waals surface area contributed by atoms with Gasteiger partial charge in [-0.15, -0.1) is 0 Å². The van der Waals surface area contributed by atoms with Crippen molar-refractivity contribution in [1.82, 2.24) is 0 Å². The molecular weight excluding hydrogens is 212 g/mol. The van der Waals surface area contributed by atoms with Gasteiger partial charge in [-0.25, -0.2) is 4.79 Å². The second-order valence-electron chi connectivity index (χ2n) is 3.78. The summed E-state index contributed by atoms with van der Waals surface area (Å²) in [7, 11) is 0. The van der Waals surface area contributed by atoms with Crippen LogP contribution in [0.2, 0.25) is 0 Å². The maximum atomic E-state index is 11.0. The molecule has 0 saturated carbocycles. The maximum Gasteiger partial charge on any atom is 0.336 e. The highest BCUT2D eigenvalue weighted by atomic mass is 16.4. The van der Waals surface area contributed by atoms with E-state index < -0.39 is 5.97 Å². The zero-order valence-corrected chi connectivity index (χ0v) is 9.34. The second kappa shape index (κ2) is 5.21. The van der Waals surface area contributed by atoms with Crippen molar-refractivity contribution in [1.29, 1.82) is 0 Å². The Morgan fingerprint density at radius 3 is 2.35 bits per heavy atom. The zero-order chi connectivity index (χ0) is 12.1. The first-order valence-electron chi connectivity index (χ1n) is 5.47. The Bertz CT molecular complexity index is 503. The van der Waals surface area contributed by atoms with Gasteiger partial charge < -0.3 is 5.11 Å². The van der Waals surface area contributed by atoms with Crippen LogP contribution in [-0.2, 0) is 6.42 Å². The van der Waals surface area contributed by atoms with E-state index in [-0.39, 0.29) is 0 Å². The van der Waals surface area contributed by atoms with Gasteiger partial charge in [0, 0.05) is 25.0 Å². The van der Waals surface area contributed by atoms with Crippen LogP contribution in [0.1, 0.15) is 21.5 Å². The first-order chi connectivity index (χ1) is 8.27. The SMILES string of the molecule is O=C(O)c1ccccc1C[CH+]c1ccccc1. The summed E-state index contributed by atoms with van der Waals surface area (Å²) in [5, 5.41) is 9.05. The molecule has 0 aliphatic carbocycles. The smallest absolute Gasteiger partial charge is 0.336 e. The third-order valence-corrected chi connectivity index (χ3v) is 2.61. The predicted molar refractivity (Wildman–Crippen MR) is 66.9 cm³/mol. The number of benzene rings is 2. The number of hydrogen-bond donors (Lipinski definition) is 1. The highest BCUT2D eigenvalue weighted by molar-refractivity contribution is 5.89. The molecule has 0 bridgehead atoms. The standard InChI is InChI=1S/C15H12O2/c16-15(17)14-9-5-4-8-13(14)11-10-12-6-2-1-3-7-12/h1-10H,11H2/p+1. The van der Waals surface area contributed by atoms with Gasteiger partial charge in [0.1, 0.15) is 5.56 Å². The number of aromatic carboxylic acids is 1.